The summed E-state index contributed by atoms with van der Waals surface area (Å²) in [6.07, 6.45) is 0.0285. The van der Waals surface area contributed by atoms with Crippen molar-refractivity contribution in [2.24, 2.45) is 5.92 Å². The molecule has 2 atom stereocenters. The van der Waals surface area contributed by atoms with Gasteiger partial charge in [-0.15, -0.1) is 0 Å². The van der Waals surface area contributed by atoms with E-state index in [0.717, 1.165) is 26.1 Å². The van der Waals surface area contributed by atoms with Gasteiger partial charge in [-0.1, -0.05) is 20.8 Å². The molecule has 5 nitrogen and oxygen atoms in total. The predicted octanol–water partition coefficient (Wildman–Crippen LogP) is 3.76. The van der Waals surface area contributed by atoms with Crippen LogP contribution in [0.25, 0.3) is 0 Å². The van der Waals surface area contributed by atoms with Crippen molar-refractivity contribution in [2.45, 2.75) is 77.7 Å². The summed E-state index contributed by atoms with van der Waals surface area (Å²) >= 11 is 0. The number of piperidine rings is 1. The van der Waals surface area contributed by atoms with Crippen molar-refractivity contribution in [1.29, 1.82) is 0 Å². The van der Waals surface area contributed by atoms with Crippen LogP contribution in [-0.4, -0.2) is 55.7 Å². The molecule has 1 aliphatic heterocycles. The fourth-order valence-corrected chi connectivity index (χ4v) is 3.95. The zero-order valence-electron chi connectivity index (χ0n) is 16.2. The quantitative estimate of drug-likeness (QED) is 0.762. The summed E-state index contributed by atoms with van der Waals surface area (Å²) in [7, 11) is -1.75. The van der Waals surface area contributed by atoms with Crippen LogP contribution in [0.4, 0.5) is 4.79 Å². The maximum absolute atomic E-state index is 11.7. The minimum absolute atomic E-state index is 0.00858. The fourth-order valence-electron chi connectivity index (χ4n) is 2.86. The number of hydrogen-bond donors (Lipinski definition) is 2. The smallest absolute Gasteiger partial charge is 0.408 e. The van der Waals surface area contributed by atoms with Crippen molar-refractivity contribution in [1.82, 2.24) is 10.2 Å². The highest BCUT2D eigenvalue weighted by molar-refractivity contribution is 6.74. The Morgan fingerprint density at radius 1 is 1.22 bits per heavy atom. The van der Waals surface area contributed by atoms with Crippen molar-refractivity contribution in [3.63, 3.8) is 0 Å². The molecule has 136 valence electrons. The van der Waals surface area contributed by atoms with Crippen molar-refractivity contribution in [2.75, 3.05) is 19.7 Å². The number of carboxylic acid groups (broad SMARTS) is 1. The number of carbonyl (C=O) groups is 1. The van der Waals surface area contributed by atoms with E-state index in [4.69, 9.17) is 4.43 Å². The summed E-state index contributed by atoms with van der Waals surface area (Å²) in [6, 6.07) is 0.00858. The topological polar surface area (TPSA) is 61.8 Å². The Labute approximate surface area is 142 Å². The third-order valence-electron chi connectivity index (χ3n) is 5.20. The summed E-state index contributed by atoms with van der Waals surface area (Å²) in [4.78, 5) is 13.3. The second kappa shape index (κ2) is 7.11. The van der Waals surface area contributed by atoms with Crippen LogP contribution in [0.1, 0.15) is 48.0 Å². The summed E-state index contributed by atoms with van der Waals surface area (Å²) in [5.41, 5.74) is -0.389. The second-order valence-corrected chi connectivity index (χ2v) is 14.1. The molecule has 0 aromatic rings. The lowest BCUT2D eigenvalue weighted by molar-refractivity contribution is 0.0462. The van der Waals surface area contributed by atoms with Gasteiger partial charge in [-0.25, -0.2) is 4.79 Å². The predicted molar refractivity (Wildman–Crippen MR) is 97.5 cm³/mol. The van der Waals surface area contributed by atoms with Crippen molar-refractivity contribution in [3.05, 3.63) is 0 Å². The lowest BCUT2D eigenvalue weighted by Gasteiger charge is -2.44. The largest absolute Gasteiger partial charge is 0.465 e. The highest BCUT2D eigenvalue weighted by atomic mass is 28.4. The molecule has 23 heavy (non-hydrogen) atoms. The van der Waals surface area contributed by atoms with Gasteiger partial charge in [0, 0.05) is 31.3 Å². The minimum atomic E-state index is -1.75. The zero-order chi connectivity index (χ0) is 18.1. The van der Waals surface area contributed by atoms with E-state index in [2.05, 4.69) is 39.2 Å². The molecule has 0 aliphatic carbocycles. The van der Waals surface area contributed by atoms with E-state index >= 15 is 0 Å². The van der Waals surface area contributed by atoms with E-state index in [9.17, 15) is 9.90 Å². The van der Waals surface area contributed by atoms with E-state index in [0.29, 0.717) is 5.92 Å². The molecule has 1 aliphatic rings. The summed E-state index contributed by atoms with van der Waals surface area (Å²) in [5, 5.41) is 13.2. The van der Waals surface area contributed by atoms with Gasteiger partial charge >= 0.3 is 6.09 Å². The number of hydrogen-bond acceptors (Lipinski definition) is 3. The maximum Gasteiger partial charge on any atom is 0.408 e. The summed E-state index contributed by atoms with van der Waals surface area (Å²) in [6.45, 7) is 19.5. The van der Waals surface area contributed by atoms with Gasteiger partial charge in [0.1, 0.15) is 0 Å². The minimum Gasteiger partial charge on any atom is -0.465 e. The Morgan fingerprint density at radius 3 is 2.22 bits per heavy atom. The molecule has 0 spiro atoms. The van der Waals surface area contributed by atoms with Crippen molar-refractivity contribution >= 4 is 14.4 Å². The van der Waals surface area contributed by atoms with Gasteiger partial charge in [-0.2, -0.15) is 0 Å². The van der Waals surface area contributed by atoms with E-state index in [1.807, 2.05) is 20.8 Å². The summed E-state index contributed by atoms with van der Waals surface area (Å²) in [5.74, 6) is 0.368. The fraction of sp³-hybridized carbons (Fsp3) is 0.941. The molecule has 0 radical (unpaired) electrons. The standard InChI is InChI=1S/C17H36N2O3Si/c1-16(2,3)19(15(20)21)14-9-13(10-18-11-14)12-22-23(7,8)17(4,5)6/h13-14,18H,9-12H2,1-8H3,(H,20,21). The SMILES string of the molecule is CC(C)(C)N(C(=O)O)C1CNCC(CO[Si](C)(C)C(C)(C)C)C1. The molecule has 0 aromatic heterocycles. The Morgan fingerprint density at radius 2 is 1.78 bits per heavy atom. The second-order valence-electron chi connectivity index (χ2n) is 9.31. The highest BCUT2D eigenvalue weighted by Crippen LogP contribution is 2.37. The van der Waals surface area contributed by atoms with E-state index in [1.54, 1.807) is 4.90 Å². The van der Waals surface area contributed by atoms with Gasteiger partial charge < -0.3 is 14.8 Å². The van der Waals surface area contributed by atoms with E-state index in [1.165, 1.54) is 0 Å². The molecule has 1 saturated heterocycles. The Balaban J connectivity index is 2.70. The molecule has 1 fully saturated rings. The number of nitrogens with zero attached hydrogens (tertiary/aromatic N) is 1. The van der Waals surface area contributed by atoms with Crippen molar-refractivity contribution in [3.8, 4) is 0 Å². The van der Waals surface area contributed by atoms with Gasteiger partial charge in [0.05, 0.1) is 0 Å². The van der Waals surface area contributed by atoms with Crippen LogP contribution >= 0.6 is 0 Å². The Hall–Kier alpha value is -0.593. The number of nitrogens with one attached hydrogen (secondary N) is 1. The molecule has 2 N–H and O–H groups in total. The first-order valence-electron chi connectivity index (χ1n) is 8.62. The molecule has 0 bridgehead atoms. The van der Waals surface area contributed by atoms with Crippen LogP contribution in [0, 0.1) is 5.92 Å². The molecule has 6 heteroatoms. The third-order valence-corrected chi connectivity index (χ3v) is 9.70. The third kappa shape index (κ3) is 5.47. The molecular weight excluding hydrogens is 308 g/mol. The molecular formula is C17H36N2O3Si. The van der Waals surface area contributed by atoms with Crippen LogP contribution in [-0.2, 0) is 4.43 Å². The lowest BCUT2D eigenvalue weighted by atomic mass is 9.92. The Kier molecular flexibility index (Phi) is 6.32. The normalized spacial score (nSPS) is 23.7. The van der Waals surface area contributed by atoms with Crippen LogP contribution in [0.3, 0.4) is 0 Å². The van der Waals surface area contributed by atoms with Crippen LogP contribution in [0.2, 0.25) is 18.1 Å². The Bertz CT molecular complexity index is 413. The van der Waals surface area contributed by atoms with E-state index in [-0.39, 0.29) is 16.6 Å². The van der Waals surface area contributed by atoms with Gasteiger partial charge in [-0.05, 0) is 51.2 Å². The monoisotopic (exact) mass is 344 g/mol. The average molecular weight is 345 g/mol. The molecule has 0 aromatic carbocycles. The first-order chi connectivity index (χ1) is 10.3. The van der Waals surface area contributed by atoms with Crippen molar-refractivity contribution < 1.29 is 14.3 Å². The van der Waals surface area contributed by atoms with Gasteiger partial charge in [-0.3, -0.25) is 4.90 Å². The van der Waals surface area contributed by atoms with Crippen LogP contribution in [0.15, 0.2) is 0 Å². The van der Waals surface area contributed by atoms with Crippen LogP contribution < -0.4 is 5.32 Å². The maximum atomic E-state index is 11.7. The van der Waals surface area contributed by atoms with Crippen LogP contribution in [0.5, 0.6) is 0 Å². The highest BCUT2D eigenvalue weighted by Gasteiger charge is 2.39. The number of amides is 1. The molecule has 0 saturated carbocycles. The lowest BCUT2D eigenvalue weighted by Crippen LogP contribution is -2.58. The number of rotatable bonds is 4. The first-order valence-corrected chi connectivity index (χ1v) is 11.5. The van der Waals surface area contributed by atoms with Gasteiger partial charge in [0.2, 0.25) is 0 Å². The molecule has 2 unspecified atom stereocenters. The molecule has 1 amide bonds. The molecule has 1 heterocycles. The van der Waals surface area contributed by atoms with Gasteiger partial charge in [0.25, 0.3) is 0 Å². The first kappa shape index (κ1) is 20.5. The molecule has 1 rings (SSSR count). The van der Waals surface area contributed by atoms with Gasteiger partial charge in [0.15, 0.2) is 8.32 Å². The van der Waals surface area contributed by atoms with E-state index < -0.39 is 14.4 Å². The summed E-state index contributed by atoms with van der Waals surface area (Å²) < 4.78 is 6.34. The average Bonchev–Trinajstić information content (AvgIpc) is 2.33. The zero-order valence-corrected chi connectivity index (χ0v) is 17.2.